The lowest BCUT2D eigenvalue weighted by molar-refractivity contribution is -0.137. The van der Waals surface area contributed by atoms with Crippen LogP contribution in [0.2, 0.25) is 0 Å². The van der Waals surface area contributed by atoms with Gasteiger partial charge in [0.15, 0.2) is 0 Å². The van der Waals surface area contributed by atoms with E-state index in [1.54, 1.807) is 39.0 Å². The normalized spacial score (nSPS) is 12.6. The summed E-state index contributed by atoms with van der Waals surface area (Å²) in [7, 11) is 0. The van der Waals surface area contributed by atoms with Crippen LogP contribution in [0.4, 0.5) is 4.79 Å². The van der Waals surface area contributed by atoms with Crippen molar-refractivity contribution in [3.8, 4) is 0 Å². The first-order valence-corrected chi connectivity index (χ1v) is 7.83. The van der Waals surface area contributed by atoms with Gasteiger partial charge in [-0.2, -0.15) is 0 Å². The molecule has 0 aliphatic heterocycles. The number of aliphatic carboxylic acids is 1. The van der Waals surface area contributed by atoms with Gasteiger partial charge >= 0.3 is 12.1 Å². The van der Waals surface area contributed by atoms with E-state index in [0.717, 1.165) is 8.95 Å². The van der Waals surface area contributed by atoms with Crippen LogP contribution in [0.3, 0.4) is 0 Å². The van der Waals surface area contributed by atoms with Crippen molar-refractivity contribution in [1.82, 2.24) is 5.32 Å². The highest BCUT2D eigenvalue weighted by molar-refractivity contribution is 9.13. The number of carbonyl (C=O) groups is 2. The molecule has 116 valence electrons. The zero-order chi connectivity index (χ0) is 16.2. The predicted molar refractivity (Wildman–Crippen MR) is 86.2 cm³/mol. The van der Waals surface area contributed by atoms with E-state index in [0.29, 0.717) is 5.56 Å². The Morgan fingerprint density at radius 1 is 1.29 bits per heavy atom. The van der Waals surface area contributed by atoms with Gasteiger partial charge in [0.1, 0.15) is 5.60 Å². The number of carboxylic acid groups (broad SMARTS) is 1. The molecular weight excluding hydrogens is 406 g/mol. The van der Waals surface area contributed by atoms with E-state index in [1.807, 2.05) is 0 Å². The lowest BCUT2D eigenvalue weighted by Gasteiger charge is -2.23. The number of ether oxygens (including phenoxy) is 1. The Balaban J connectivity index is 2.92. The molecule has 1 aromatic rings. The van der Waals surface area contributed by atoms with Crippen molar-refractivity contribution in [2.24, 2.45) is 0 Å². The van der Waals surface area contributed by atoms with Gasteiger partial charge < -0.3 is 15.2 Å². The molecule has 0 bridgehead atoms. The standard InChI is InChI=1S/C14H17Br2NO4/c1-14(2,3)21-13(20)17-11(7-12(18)19)8-4-5-9(15)10(16)6-8/h4-6,11H,7H2,1-3H3,(H,17,20)(H,18,19)/t11-/m0/s1. The second-order valence-electron chi connectivity index (χ2n) is 5.47. The first kappa shape index (κ1) is 18.0. The fourth-order valence-electron chi connectivity index (χ4n) is 1.61. The summed E-state index contributed by atoms with van der Waals surface area (Å²) in [6, 6.07) is 4.63. The molecule has 1 aromatic carbocycles. The number of hydrogen-bond acceptors (Lipinski definition) is 3. The van der Waals surface area contributed by atoms with Crippen molar-refractivity contribution in [2.75, 3.05) is 0 Å². The van der Waals surface area contributed by atoms with Gasteiger partial charge in [-0.15, -0.1) is 0 Å². The van der Waals surface area contributed by atoms with Crippen molar-refractivity contribution in [2.45, 2.75) is 38.8 Å². The Kier molecular flexibility index (Phi) is 6.22. The molecule has 0 fully saturated rings. The molecule has 0 unspecified atom stereocenters. The number of amides is 1. The van der Waals surface area contributed by atoms with Gasteiger partial charge in [0, 0.05) is 8.95 Å². The van der Waals surface area contributed by atoms with Crippen LogP contribution in [0, 0.1) is 0 Å². The van der Waals surface area contributed by atoms with E-state index >= 15 is 0 Å². The summed E-state index contributed by atoms with van der Waals surface area (Å²) < 4.78 is 6.79. The maximum atomic E-state index is 11.8. The molecule has 0 aliphatic carbocycles. The lowest BCUT2D eigenvalue weighted by Crippen LogP contribution is -2.35. The Morgan fingerprint density at radius 3 is 2.38 bits per heavy atom. The van der Waals surface area contributed by atoms with Crippen LogP contribution in [-0.4, -0.2) is 22.8 Å². The topological polar surface area (TPSA) is 75.6 Å². The van der Waals surface area contributed by atoms with E-state index in [1.165, 1.54) is 0 Å². The first-order chi connectivity index (χ1) is 9.58. The number of nitrogens with one attached hydrogen (secondary N) is 1. The van der Waals surface area contributed by atoms with Gasteiger partial charge in [-0.3, -0.25) is 4.79 Å². The highest BCUT2D eigenvalue weighted by Gasteiger charge is 2.22. The smallest absolute Gasteiger partial charge is 0.408 e. The van der Waals surface area contributed by atoms with Crippen LogP contribution in [0.5, 0.6) is 0 Å². The Bertz CT molecular complexity index is 540. The van der Waals surface area contributed by atoms with Crippen LogP contribution < -0.4 is 5.32 Å². The van der Waals surface area contributed by atoms with E-state index in [-0.39, 0.29) is 6.42 Å². The van der Waals surface area contributed by atoms with E-state index < -0.39 is 23.7 Å². The number of hydrogen-bond donors (Lipinski definition) is 2. The Labute approximate surface area is 140 Å². The summed E-state index contributed by atoms with van der Waals surface area (Å²) in [5, 5.41) is 11.6. The van der Waals surface area contributed by atoms with Gasteiger partial charge in [-0.1, -0.05) is 6.07 Å². The number of benzene rings is 1. The average Bonchev–Trinajstić information content (AvgIpc) is 2.28. The van der Waals surface area contributed by atoms with Crippen LogP contribution in [0.15, 0.2) is 27.1 Å². The van der Waals surface area contributed by atoms with Crippen LogP contribution in [0.25, 0.3) is 0 Å². The fourth-order valence-corrected chi connectivity index (χ4v) is 2.25. The Morgan fingerprint density at radius 2 is 1.90 bits per heavy atom. The average molecular weight is 423 g/mol. The molecule has 7 heteroatoms. The summed E-state index contributed by atoms with van der Waals surface area (Å²) in [4.78, 5) is 22.8. The van der Waals surface area contributed by atoms with Gasteiger partial charge in [0.25, 0.3) is 0 Å². The molecule has 0 aromatic heterocycles. The van der Waals surface area contributed by atoms with Crippen molar-refractivity contribution in [1.29, 1.82) is 0 Å². The summed E-state index contributed by atoms with van der Waals surface area (Å²) in [5.74, 6) is -1.00. The maximum Gasteiger partial charge on any atom is 0.408 e. The highest BCUT2D eigenvalue weighted by Crippen LogP contribution is 2.28. The Hall–Kier alpha value is -1.08. The van der Waals surface area contributed by atoms with Crippen molar-refractivity contribution in [3.63, 3.8) is 0 Å². The molecule has 1 rings (SSSR count). The quantitative estimate of drug-likeness (QED) is 0.760. The second kappa shape index (κ2) is 7.26. The molecule has 0 saturated carbocycles. The van der Waals surface area contributed by atoms with Crippen molar-refractivity contribution < 1.29 is 19.4 Å². The molecule has 0 aliphatic rings. The molecule has 0 heterocycles. The highest BCUT2D eigenvalue weighted by atomic mass is 79.9. The van der Waals surface area contributed by atoms with Crippen LogP contribution >= 0.6 is 31.9 Å². The zero-order valence-corrected chi connectivity index (χ0v) is 15.1. The first-order valence-electron chi connectivity index (χ1n) is 6.25. The van der Waals surface area contributed by atoms with Crippen molar-refractivity contribution >= 4 is 43.9 Å². The number of halogens is 2. The molecule has 1 atom stereocenters. The molecule has 0 spiro atoms. The van der Waals surface area contributed by atoms with Gasteiger partial charge in [0.05, 0.1) is 12.5 Å². The largest absolute Gasteiger partial charge is 0.481 e. The number of carbonyl (C=O) groups excluding carboxylic acids is 1. The molecular formula is C14H17Br2NO4. The molecule has 0 radical (unpaired) electrons. The van der Waals surface area contributed by atoms with Crippen LogP contribution in [0.1, 0.15) is 38.8 Å². The number of rotatable bonds is 4. The van der Waals surface area contributed by atoms with E-state index in [4.69, 9.17) is 9.84 Å². The molecule has 1 amide bonds. The fraction of sp³-hybridized carbons (Fsp3) is 0.429. The third kappa shape index (κ3) is 6.48. The van der Waals surface area contributed by atoms with Gasteiger partial charge in [0.2, 0.25) is 0 Å². The molecule has 21 heavy (non-hydrogen) atoms. The monoisotopic (exact) mass is 421 g/mol. The number of alkyl carbamates (subject to hydrolysis) is 1. The third-order valence-corrected chi connectivity index (χ3v) is 4.30. The molecule has 5 nitrogen and oxygen atoms in total. The third-order valence-electron chi connectivity index (χ3n) is 2.42. The number of carboxylic acids is 1. The minimum absolute atomic E-state index is 0.229. The van der Waals surface area contributed by atoms with Crippen molar-refractivity contribution in [3.05, 3.63) is 32.7 Å². The summed E-state index contributed by atoms with van der Waals surface area (Å²) in [6.07, 6.45) is -0.874. The van der Waals surface area contributed by atoms with E-state index in [9.17, 15) is 9.59 Å². The lowest BCUT2D eigenvalue weighted by atomic mass is 10.0. The zero-order valence-electron chi connectivity index (χ0n) is 11.9. The minimum atomic E-state index is -1.00. The molecule has 2 N–H and O–H groups in total. The van der Waals surface area contributed by atoms with Gasteiger partial charge in [-0.25, -0.2) is 4.79 Å². The summed E-state index contributed by atoms with van der Waals surface area (Å²) in [5.41, 5.74) is 0.0383. The summed E-state index contributed by atoms with van der Waals surface area (Å²) >= 11 is 6.70. The van der Waals surface area contributed by atoms with E-state index in [2.05, 4.69) is 37.2 Å². The van der Waals surface area contributed by atoms with Gasteiger partial charge in [-0.05, 0) is 70.3 Å². The second-order valence-corrected chi connectivity index (χ2v) is 7.18. The molecule has 0 saturated heterocycles. The summed E-state index contributed by atoms with van der Waals surface area (Å²) in [6.45, 7) is 5.24. The maximum absolute atomic E-state index is 11.8. The SMILES string of the molecule is CC(C)(C)OC(=O)N[C@@H](CC(=O)O)c1ccc(Br)c(Br)c1. The minimum Gasteiger partial charge on any atom is -0.481 e. The predicted octanol–water partition coefficient (Wildman–Crippen LogP) is 4.25. The van der Waals surface area contributed by atoms with Crippen LogP contribution in [-0.2, 0) is 9.53 Å².